The summed E-state index contributed by atoms with van der Waals surface area (Å²) in [7, 11) is -1.16. The second-order valence-electron chi connectivity index (χ2n) is 7.18. The Labute approximate surface area is 175 Å². The number of amides is 1. The quantitative estimate of drug-likeness (QED) is 0.676. The molecule has 9 heteroatoms. The van der Waals surface area contributed by atoms with Gasteiger partial charge in [0.1, 0.15) is 13.2 Å². The van der Waals surface area contributed by atoms with Gasteiger partial charge >= 0.3 is 0 Å². The minimum absolute atomic E-state index is 0.0589. The average molecular weight is 432 g/mol. The first-order valence-corrected chi connectivity index (χ1v) is 11.2. The van der Waals surface area contributed by atoms with Crippen molar-refractivity contribution in [2.45, 2.75) is 23.8 Å². The lowest BCUT2D eigenvalue weighted by molar-refractivity contribution is -0.0258. The van der Waals surface area contributed by atoms with Gasteiger partial charge in [-0.2, -0.15) is 0 Å². The third-order valence-corrected chi connectivity index (χ3v) is 7.15. The van der Waals surface area contributed by atoms with E-state index < -0.39 is 10.0 Å². The van der Waals surface area contributed by atoms with E-state index in [1.54, 1.807) is 0 Å². The second kappa shape index (κ2) is 8.25. The fraction of sp³-hybridized carbons (Fsp3) is 0.381. The molecular formula is C21H24N2O6S. The molecule has 2 heterocycles. The van der Waals surface area contributed by atoms with Crippen molar-refractivity contribution >= 4 is 15.9 Å². The molecule has 0 spiro atoms. The smallest absolute Gasteiger partial charge is 0.264 e. The predicted molar refractivity (Wildman–Crippen MR) is 109 cm³/mol. The maximum absolute atomic E-state index is 13.2. The SMILES string of the molecule is CON(C)S(=O)(=O)c1ccc(C(=O)N2CCCC2c2ccc3c(c2)OCCO3)cc1. The van der Waals surface area contributed by atoms with Crippen molar-refractivity contribution in [3.8, 4) is 11.5 Å². The lowest BCUT2D eigenvalue weighted by Crippen LogP contribution is -2.31. The molecule has 0 bridgehead atoms. The largest absolute Gasteiger partial charge is 0.486 e. The second-order valence-corrected chi connectivity index (χ2v) is 9.12. The van der Waals surface area contributed by atoms with Crippen LogP contribution in [0.4, 0.5) is 0 Å². The van der Waals surface area contributed by atoms with Gasteiger partial charge < -0.3 is 14.4 Å². The molecule has 160 valence electrons. The molecule has 8 nitrogen and oxygen atoms in total. The fourth-order valence-corrected chi connectivity index (χ4v) is 4.78. The van der Waals surface area contributed by atoms with E-state index in [4.69, 9.17) is 14.3 Å². The van der Waals surface area contributed by atoms with Gasteiger partial charge in [0.15, 0.2) is 11.5 Å². The van der Waals surface area contributed by atoms with Crippen LogP contribution in [0, 0.1) is 0 Å². The predicted octanol–water partition coefficient (Wildman–Crippen LogP) is 2.62. The van der Waals surface area contributed by atoms with Crippen LogP contribution < -0.4 is 9.47 Å². The van der Waals surface area contributed by atoms with E-state index in [0.29, 0.717) is 31.1 Å². The highest BCUT2D eigenvalue weighted by molar-refractivity contribution is 7.89. The molecular weight excluding hydrogens is 408 g/mol. The molecule has 1 fully saturated rings. The van der Waals surface area contributed by atoms with Gasteiger partial charge in [-0.1, -0.05) is 10.5 Å². The first-order valence-electron chi connectivity index (χ1n) is 9.75. The third-order valence-electron chi connectivity index (χ3n) is 5.46. The zero-order valence-electron chi connectivity index (χ0n) is 16.9. The van der Waals surface area contributed by atoms with Gasteiger partial charge in [-0.3, -0.25) is 9.63 Å². The van der Waals surface area contributed by atoms with Crippen molar-refractivity contribution in [3.63, 3.8) is 0 Å². The molecule has 0 N–H and O–H groups in total. The van der Waals surface area contributed by atoms with Crippen LogP contribution in [0.2, 0.25) is 0 Å². The van der Waals surface area contributed by atoms with E-state index in [1.807, 2.05) is 23.1 Å². The molecule has 1 unspecified atom stereocenters. The Bertz CT molecular complexity index is 1040. The summed E-state index contributed by atoms with van der Waals surface area (Å²) in [6.45, 7) is 1.69. The summed E-state index contributed by atoms with van der Waals surface area (Å²) in [5, 5.41) is 0. The highest BCUT2D eigenvalue weighted by Gasteiger charge is 2.32. The summed E-state index contributed by atoms with van der Waals surface area (Å²) in [6, 6.07) is 11.7. The minimum Gasteiger partial charge on any atom is -0.486 e. The number of rotatable bonds is 5. The van der Waals surface area contributed by atoms with Crippen LogP contribution in [-0.4, -0.2) is 57.6 Å². The maximum Gasteiger partial charge on any atom is 0.264 e. The summed E-state index contributed by atoms with van der Waals surface area (Å²) < 4.78 is 36.7. The maximum atomic E-state index is 13.2. The molecule has 0 radical (unpaired) electrons. The summed E-state index contributed by atoms with van der Waals surface area (Å²) in [6.07, 6.45) is 1.76. The van der Waals surface area contributed by atoms with Crippen LogP contribution in [0.15, 0.2) is 47.4 Å². The van der Waals surface area contributed by atoms with Crippen molar-refractivity contribution in [3.05, 3.63) is 53.6 Å². The molecule has 2 aromatic rings. The van der Waals surface area contributed by atoms with Crippen molar-refractivity contribution < 1.29 is 27.5 Å². The van der Waals surface area contributed by atoms with Crippen LogP contribution >= 0.6 is 0 Å². The Kier molecular flexibility index (Phi) is 5.68. The van der Waals surface area contributed by atoms with Gasteiger partial charge in [0.2, 0.25) is 0 Å². The molecule has 2 aliphatic rings. The fourth-order valence-electron chi connectivity index (χ4n) is 3.81. The zero-order chi connectivity index (χ0) is 21.3. The number of sulfonamides is 1. The number of ether oxygens (including phenoxy) is 2. The van der Waals surface area contributed by atoms with Gasteiger partial charge in [-0.15, -0.1) is 0 Å². The Hall–Kier alpha value is -2.62. The standard InChI is InChI=1S/C21H24N2O6S/c1-22(27-2)30(25,26)17-8-5-15(6-9-17)21(24)23-11-3-4-18(23)16-7-10-19-20(14-16)29-13-12-28-19/h5-10,14,18H,3-4,11-13H2,1-2H3. The minimum atomic E-state index is -3.75. The molecule has 4 rings (SSSR count). The van der Waals surface area contributed by atoms with Gasteiger partial charge in [0.05, 0.1) is 18.0 Å². The van der Waals surface area contributed by atoms with Gasteiger partial charge in [0.25, 0.3) is 15.9 Å². The lowest BCUT2D eigenvalue weighted by atomic mass is 10.0. The van der Waals surface area contributed by atoms with Crippen LogP contribution in [0.3, 0.4) is 0 Å². The molecule has 0 aromatic heterocycles. The zero-order valence-corrected chi connectivity index (χ0v) is 17.7. The van der Waals surface area contributed by atoms with Crippen molar-refractivity contribution in [1.29, 1.82) is 0 Å². The summed E-state index contributed by atoms with van der Waals surface area (Å²) in [4.78, 5) is 19.8. The Morgan fingerprint density at radius 2 is 1.80 bits per heavy atom. The molecule has 1 saturated heterocycles. The van der Waals surface area contributed by atoms with E-state index in [1.165, 1.54) is 38.4 Å². The Morgan fingerprint density at radius 1 is 1.10 bits per heavy atom. The Morgan fingerprint density at radius 3 is 2.50 bits per heavy atom. The van der Waals surface area contributed by atoms with Gasteiger partial charge in [-0.05, 0) is 54.8 Å². The van der Waals surface area contributed by atoms with Crippen LogP contribution in [-0.2, 0) is 14.9 Å². The van der Waals surface area contributed by atoms with E-state index in [9.17, 15) is 13.2 Å². The summed E-state index contributed by atoms with van der Waals surface area (Å²) >= 11 is 0. The number of hydrogen-bond donors (Lipinski definition) is 0. The van der Waals surface area contributed by atoms with Crippen LogP contribution in [0.1, 0.15) is 34.8 Å². The first-order chi connectivity index (χ1) is 14.4. The third kappa shape index (κ3) is 3.76. The molecule has 1 atom stereocenters. The summed E-state index contributed by atoms with van der Waals surface area (Å²) in [5.74, 6) is 1.30. The van der Waals surface area contributed by atoms with Crippen LogP contribution in [0.5, 0.6) is 11.5 Å². The number of carbonyl (C=O) groups is 1. The highest BCUT2D eigenvalue weighted by atomic mass is 32.2. The lowest BCUT2D eigenvalue weighted by Gasteiger charge is -2.27. The molecule has 30 heavy (non-hydrogen) atoms. The van der Waals surface area contributed by atoms with E-state index >= 15 is 0 Å². The number of hydroxylamine groups is 1. The molecule has 0 saturated carbocycles. The van der Waals surface area contributed by atoms with Crippen LogP contribution in [0.25, 0.3) is 0 Å². The number of fused-ring (bicyclic) bond motifs is 1. The van der Waals surface area contributed by atoms with Crippen molar-refractivity contribution in [1.82, 2.24) is 9.37 Å². The van der Waals surface area contributed by atoms with Crippen molar-refractivity contribution in [2.24, 2.45) is 0 Å². The number of likely N-dealkylation sites (tertiary alicyclic amines) is 1. The number of nitrogens with zero attached hydrogens (tertiary/aromatic N) is 2. The number of hydrogen-bond acceptors (Lipinski definition) is 6. The first kappa shape index (κ1) is 20.6. The van der Waals surface area contributed by atoms with E-state index in [0.717, 1.165) is 28.6 Å². The molecule has 0 aliphatic carbocycles. The van der Waals surface area contributed by atoms with E-state index in [2.05, 4.69) is 0 Å². The monoisotopic (exact) mass is 432 g/mol. The molecule has 2 aliphatic heterocycles. The average Bonchev–Trinajstić information content (AvgIpc) is 3.27. The number of benzene rings is 2. The number of carbonyl (C=O) groups excluding carboxylic acids is 1. The highest BCUT2D eigenvalue weighted by Crippen LogP contribution is 2.38. The van der Waals surface area contributed by atoms with E-state index in [-0.39, 0.29) is 16.8 Å². The Balaban J connectivity index is 1.55. The van der Waals surface area contributed by atoms with Gasteiger partial charge in [-0.25, -0.2) is 8.42 Å². The normalized spacial score (nSPS) is 18.6. The van der Waals surface area contributed by atoms with Gasteiger partial charge in [0, 0.05) is 19.2 Å². The van der Waals surface area contributed by atoms with Crippen molar-refractivity contribution in [2.75, 3.05) is 33.9 Å². The molecule has 2 aromatic carbocycles. The summed E-state index contributed by atoms with van der Waals surface area (Å²) in [5.41, 5.74) is 1.45. The topological polar surface area (TPSA) is 85.4 Å². The molecule has 1 amide bonds.